The minimum Gasteiger partial charge on any atom is -0.394 e. The van der Waals surface area contributed by atoms with E-state index in [-0.39, 0.29) is 24.5 Å². The Hall–Kier alpha value is -1.39. The fourth-order valence-electron chi connectivity index (χ4n) is 1.99. The lowest BCUT2D eigenvalue weighted by atomic mass is 10.1. The molecule has 2 N–H and O–H groups in total. The number of amides is 1. The molecular formula is C13H17NO3. The fraction of sp³-hybridized carbons (Fsp3) is 0.462. The van der Waals surface area contributed by atoms with Gasteiger partial charge in [-0.15, -0.1) is 0 Å². The maximum absolute atomic E-state index is 11.5. The number of nitrogens with one attached hydrogen (secondary N) is 1. The molecular weight excluding hydrogens is 218 g/mol. The van der Waals surface area contributed by atoms with Crippen LogP contribution in [0.1, 0.15) is 12.0 Å². The quantitative estimate of drug-likeness (QED) is 0.790. The molecule has 0 saturated carbocycles. The molecule has 17 heavy (non-hydrogen) atoms. The molecule has 1 aliphatic rings. The van der Waals surface area contributed by atoms with Crippen molar-refractivity contribution in [1.82, 2.24) is 5.32 Å². The van der Waals surface area contributed by atoms with Crippen LogP contribution in [0.4, 0.5) is 0 Å². The number of hydrogen-bond acceptors (Lipinski definition) is 3. The second-order valence-corrected chi connectivity index (χ2v) is 4.32. The second kappa shape index (κ2) is 5.80. The standard InChI is InChI=1S/C13H17NO3/c15-7-12-6-11(13(16)14-12)9-17-8-10-4-2-1-3-5-10/h1-5,11-12,15H,6-9H2,(H,14,16)/t11-,12+/m1/s1. The summed E-state index contributed by atoms with van der Waals surface area (Å²) < 4.78 is 5.52. The van der Waals surface area contributed by atoms with Crippen molar-refractivity contribution in [3.8, 4) is 0 Å². The van der Waals surface area contributed by atoms with E-state index in [2.05, 4.69) is 5.32 Å². The monoisotopic (exact) mass is 235 g/mol. The lowest BCUT2D eigenvalue weighted by Crippen LogP contribution is -2.29. The molecule has 0 unspecified atom stereocenters. The van der Waals surface area contributed by atoms with Crippen molar-refractivity contribution < 1.29 is 14.6 Å². The predicted octanol–water partition coefficient (Wildman–Crippen LogP) is 0.700. The molecule has 1 fully saturated rings. The first-order valence-electron chi connectivity index (χ1n) is 5.82. The Morgan fingerprint density at radius 1 is 1.35 bits per heavy atom. The normalized spacial score (nSPS) is 23.7. The van der Waals surface area contributed by atoms with E-state index in [1.54, 1.807) is 0 Å². The molecule has 0 bridgehead atoms. The third-order valence-corrected chi connectivity index (χ3v) is 2.94. The van der Waals surface area contributed by atoms with Gasteiger partial charge in [-0.25, -0.2) is 0 Å². The topological polar surface area (TPSA) is 58.6 Å². The largest absolute Gasteiger partial charge is 0.394 e. The number of ether oxygens (including phenoxy) is 1. The Morgan fingerprint density at radius 2 is 2.12 bits per heavy atom. The fourth-order valence-corrected chi connectivity index (χ4v) is 1.99. The number of hydrogen-bond donors (Lipinski definition) is 2. The number of aliphatic hydroxyl groups excluding tert-OH is 1. The Bertz CT molecular complexity index is 366. The van der Waals surface area contributed by atoms with Gasteiger partial charge in [-0.2, -0.15) is 0 Å². The Kier molecular flexibility index (Phi) is 4.12. The predicted molar refractivity (Wildman–Crippen MR) is 63.2 cm³/mol. The molecule has 1 saturated heterocycles. The maximum Gasteiger partial charge on any atom is 0.225 e. The summed E-state index contributed by atoms with van der Waals surface area (Å²) in [4.78, 5) is 11.5. The molecule has 4 nitrogen and oxygen atoms in total. The number of carbonyl (C=O) groups is 1. The molecule has 0 aromatic heterocycles. The zero-order chi connectivity index (χ0) is 12.1. The van der Waals surface area contributed by atoms with Crippen LogP contribution in [-0.4, -0.2) is 30.3 Å². The highest BCUT2D eigenvalue weighted by molar-refractivity contribution is 5.81. The molecule has 1 aliphatic heterocycles. The number of rotatable bonds is 5. The second-order valence-electron chi connectivity index (χ2n) is 4.32. The van der Waals surface area contributed by atoms with Crippen LogP contribution < -0.4 is 5.32 Å². The van der Waals surface area contributed by atoms with Gasteiger partial charge in [0.15, 0.2) is 0 Å². The maximum atomic E-state index is 11.5. The molecule has 0 radical (unpaired) electrons. The molecule has 2 atom stereocenters. The van der Waals surface area contributed by atoms with Gasteiger partial charge in [-0.05, 0) is 12.0 Å². The molecule has 2 rings (SSSR count). The minimum absolute atomic E-state index is 0.000918. The Labute approximate surface area is 101 Å². The number of aliphatic hydroxyl groups is 1. The highest BCUT2D eigenvalue weighted by Gasteiger charge is 2.31. The molecule has 92 valence electrons. The first kappa shape index (κ1) is 12.1. The first-order chi connectivity index (χ1) is 8.29. The van der Waals surface area contributed by atoms with E-state index in [0.717, 1.165) is 5.56 Å². The summed E-state index contributed by atoms with van der Waals surface area (Å²) in [6.45, 7) is 0.937. The van der Waals surface area contributed by atoms with E-state index in [9.17, 15) is 4.79 Å². The van der Waals surface area contributed by atoms with Crippen LogP contribution >= 0.6 is 0 Å². The first-order valence-corrected chi connectivity index (χ1v) is 5.82. The van der Waals surface area contributed by atoms with Crippen molar-refractivity contribution in [3.63, 3.8) is 0 Å². The van der Waals surface area contributed by atoms with E-state index in [0.29, 0.717) is 19.6 Å². The summed E-state index contributed by atoms with van der Waals surface area (Å²) in [5.74, 6) is -0.145. The minimum atomic E-state index is -0.129. The van der Waals surface area contributed by atoms with Gasteiger partial charge < -0.3 is 15.2 Å². The van der Waals surface area contributed by atoms with Crippen LogP contribution in [0.15, 0.2) is 30.3 Å². The van der Waals surface area contributed by atoms with Gasteiger partial charge >= 0.3 is 0 Å². The van der Waals surface area contributed by atoms with Crippen LogP contribution in [0.3, 0.4) is 0 Å². The van der Waals surface area contributed by atoms with Crippen LogP contribution in [0.25, 0.3) is 0 Å². The van der Waals surface area contributed by atoms with Crippen molar-refractivity contribution in [2.24, 2.45) is 5.92 Å². The molecule has 1 aromatic carbocycles. The number of carbonyl (C=O) groups excluding carboxylic acids is 1. The number of benzene rings is 1. The van der Waals surface area contributed by atoms with Gasteiger partial charge in [-0.3, -0.25) is 4.79 Å². The molecule has 0 aliphatic carbocycles. The average molecular weight is 235 g/mol. The van der Waals surface area contributed by atoms with Crippen molar-refractivity contribution in [3.05, 3.63) is 35.9 Å². The molecule has 1 aromatic rings. The summed E-state index contributed by atoms with van der Waals surface area (Å²) in [6, 6.07) is 9.76. The molecule has 1 heterocycles. The van der Waals surface area contributed by atoms with E-state index in [1.165, 1.54) is 0 Å². The summed E-state index contributed by atoms with van der Waals surface area (Å²) in [7, 11) is 0. The zero-order valence-corrected chi connectivity index (χ0v) is 9.63. The SMILES string of the molecule is O=C1N[C@H](CO)C[C@@H]1COCc1ccccc1. The lowest BCUT2D eigenvalue weighted by molar-refractivity contribution is -0.124. The third kappa shape index (κ3) is 3.28. The van der Waals surface area contributed by atoms with E-state index in [4.69, 9.17) is 9.84 Å². The van der Waals surface area contributed by atoms with Crippen LogP contribution in [-0.2, 0) is 16.1 Å². The molecule has 0 spiro atoms. The van der Waals surface area contributed by atoms with Crippen LogP contribution in [0, 0.1) is 5.92 Å². The van der Waals surface area contributed by atoms with Gasteiger partial charge in [0.2, 0.25) is 5.91 Å². The van der Waals surface area contributed by atoms with Gasteiger partial charge in [-0.1, -0.05) is 30.3 Å². The molecule has 1 amide bonds. The summed E-state index contributed by atoms with van der Waals surface area (Å²) in [6.07, 6.45) is 0.657. The summed E-state index contributed by atoms with van der Waals surface area (Å²) in [5, 5.41) is 11.7. The average Bonchev–Trinajstić information content (AvgIpc) is 2.72. The van der Waals surface area contributed by atoms with Crippen LogP contribution in [0.5, 0.6) is 0 Å². The van der Waals surface area contributed by atoms with E-state index >= 15 is 0 Å². The third-order valence-electron chi connectivity index (χ3n) is 2.94. The van der Waals surface area contributed by atoms with Gasteiger partial charge in [0.1, 0.15) is 0 Å². The highest BCUT2D eigenvalue weighted by atomic mass is 16.5. The lowest BCUT2D eigenvalue weighted by Gasteiger charge is -2.08. The van der Waals surface area contributed by atoms with Crippen molar-refractivity contribution >= 4 is 5.91 Å². The molecule has 4 heteroatoms. The zero-order valence-electron chi connectivity index (χ0n) is 9.63. The smallest absolute Gasteiger partial charge is 0.225 e. The highest BCUT2D eigenvalue weighted by Crippen LogP contribution is 2.16. The van der Waals surface area contributed by atoms with Gasteiger partial charge in [0.05, 0.1) is 31.8 Å². The van der Waals surface area contributed by atoms with Gasteiger partial charge in [0, 0.05) is 0 Å². The van der Waals surface area contributed by atoms with Crippen LogP contribution in [0.2, 0.25) is 0 Å². The van der Waals surface area contributed by atoms with Crippen molar-refractivity contribution in [2.45, 2.75) is 19.1 Å². The van der Waals surface area contributed by atoms with E-state index < -0.39 is 0 Å². The summed E-state index contributed by atoms with van der Waals surface area (Å²) in [5.41, 5.74) is 1.10. The Morgan fingerprint density at radius 3 is 2.76 bits per heavy atom. The van der Waals surface area contributed by atoms with Crippen molar-refractivity contribution in [2.75, 3.05) is 13.2 Å². The summed E-state index contributed by atoms with van der Waals surface area (Å²) >= 11 is 0. The Balaban J connectivity index is 1.74. The van der Waals surface area contributed by atoms with E-state index in [1.807, 2.05) is 30.3 Å². The van der Waals surface area contributed by atoms with Gasteiger partial charge in [0.25, 0.3) is 0 Å². The van der Waals surface area contributed by atoms with Crippen molar-refractivity contribution in [1.29, 1.82) is 0 Å².